The SMILES string of the molecule is NCC1(NC(=O)C2CN(Cc3ccccc3)CCO2)CCCC1. The minimum atomic E-state index is -0.392. The maximum Gasteiger partial charge on any atom is 0.250 e. The first-order chi connectivity index (χ1) is 11.2. The van der Waals surface area contributed by atoms with E-state index in [1.807, 2.05) is 18.2 Å². The Kier molecular flexibility index (Phi) is 5.30. The van der Waals surface area contributed by atoms with Crippen LogP contribution in [0, 0.1) is 0 Å². The second-order valence-corrected chi connectivity index (χ2v) is 6.76. The summed E-state index contributed by atoms with van der Waals surface area (Å²) in [6, 6.07) is 10.3. The number of hydrogen-bond acceptors (Lipinski definition) is 4. The summed E-state index contributed by atoms with van der Waals surface area (Å²) < 4.78 is 5.71. The molecule has 0 spiro atoms. The number of carbonyl (C=O) groups excluding carboxylic acids is 1. The predicted octanol–water partition coefficient (Wildman–Crippen LogP) is 1.28. The highest BCUT2D eigenvalue weighted by Crippen LogP contribution is 2.28. The molecule has 1 amide bonds. The molecule has 1 aromatic carbocycles. The molecule has 0 bridgehead atoms. The molecule has 1 saturated carbocycles. The number of rotatable bonds is 5. The minimum absolute atomic E-state index is 0.00453. The summed E-state index contributed by atoms with van der Waals surface area (Å²) in [7, 11) is 0. The summed E-state index contributed by atoms with van der Waals surface area (Å²) in [6.45, 7) is 3.47. The first kappa shape index (κ1) is 16.4. The summed E-state index contributed by atoms with van der Waals surface area (Å²) in [5.74, 6) is -0.00453. The van der Waals surface area contributed by atoms with Crippen molar-refractivity contribution in [2.75, 3.05) is 26.2 Å². The van der Waals surface area contributed by atoms with Gasteiger partial charge in [-0.05, 0) is 18.4 Å². The Morgan fingerprint density at radius 3 is 2.74 bits per heavy atom. The molecule has 2 aliphatic rings. The fourth-order valence-electron chi connectivity index (χ4n) is 3.62. The molecule has 2 fully saturated rings. The Morgan fingerprint density at radius 2 is 2.04 bits per heavy atom. The molecule has 1 unspecified atom stereocenters. The van der Waals surface area contributed by atoms with E-state index < -0.39 is 6.10 Å². The van der Waals surface area contributed by atoms with Crippen LogP contribution in [0.15, 0.2) is 30.3 Å². The lowest BCUT2D eigenvalue weighted by atomic mass is 9.97. The van der Waals surface area contributed by atoms with Gasteiger partial charge >= 0.3 is 0 Å². The number of carbonyl (C=O) groups is 1. The third-order valence-electron chi connectivity index (χ3n) is 5.03. The van der Waals surface area contributed by atoms with Crippen molar-refractivity contribution in [3.8, 4) is 0 Å². The number of benzene rings is 1. The van der Waals surface area contributed by atoms with E-state index in [0.29, 0.717) is 19.7 Å². The maximum absolute atomic E-state index is 12.6. The van der Waals surface area contributed by atoms with E-state index in [1.165, 1.54) is 5.56 Å². The van der Waals surface area contributed by atoms with Crippen LogP contribution in [0.2, 0.25) is 0 Å². The Bertz CT molecular complexity index is 514. The monoisotopic (exact) mass is 317 g/mol. The van der Waals surface area contributed by atoms with E-state index in [-0.39, 0.29) is 11.4 Å². The zero-order chi connectivity index (χ0) is 16.1. The van der Waals surface area contributed by atoms with Crippen molar-refractivity contribution in [2.45, 2.75) is 43.9 Å². The topological polar surface area (TPSA) is 67.6 Å². The second kappa shape index (κ2) is 7.43. The molecule has 1 aromatic rings. The highest BCUT2D eigenvalue weighted by Gasteiger charge is 2.37. The summed E-state index contributed by atoms with van der Waals surface area (Å²) >= 11 is 0. The first-order valence-electron chi connectivity index (χ1n) is 8.61. The van der Waals surface area contributed by atoms with Gasteiger partial charge in [-0.15, -0.1) is 0 Å². The van der Waals surface area contributed by atoms with Gasteiger partial charge in [0.2, 0.25) is 0 Å². The molecule has 23 heavy (non-hydrogen) atoms. The number of morpholine rings is 1. The van der Waals surface area contributed by atoms with Crippen LogP contribution in [-0.2, 0) is 16.1 Å². The summed E-state index contributed by atoms with van der Waals surface area (Å²) in [5.41, 5.74) is 6.97. The molecule has 1 heterocycles. The van der Waals surface area contributed by atoms with Crippen molar-refractivity contribution in [3.05, 3.63) is 35.9 Å². The van der Waals surface area contributed by atoms with Gasteiger partial charge in [0.1, 0.15) is 6.10 Å². The molecule has 126 valence electrons. The Labute approximate surface area is 138 Å². The normalized spacial score (nSPS) is 24.5. The number of amides is 1. The van der Waals surface area contributed by atoms with Gasteiger partial charge in [-0.1, -0.05) is 43.2 Å². The molecule has 0 radical (unpaired) electrons. The lowest BCUT2D eigenvalue weighted by Crippen LogP contribution is -2.57. The summed E-state index contributed by atoms with van der Waals surface area (Å²) in [4.78, 5) is 14.9. The fraction of sp³-hybridized carbons (Fsp3) is 0.611. The zero-order valence-corrected chi connectivity index (χ0v) is 13.7. The van der Waals surface area contributed by atoms with Crippen LogP contribution in [0.25, 0.3) is 0 Å². The van der Waals surface area contributed by atoms with Crippen molar-refractivity contribution in [1.29, 1.82) is 0 Å². The van der Waals surface area contributed by atoms with Crippen LogP contribution in [-0.4, -0.2) is 48.7 Å². The summed E-state index contributed by atoms with van der Waals surface area (Å²) in [6.07, 6.45) is 3.86. The van der Waals surface area contributed by atoms with Crippen molar-refractivity contribution >= 4 is 5.91 Å². The van der Waals surface area contributed by atoms with Gasteiger partial charge in [-0.25, -0.2) is 0 Å². The molecule has 0 aromatic heterocycles. The van der Waals surface area contributed by atoms with Crippen LogP contribution in [0.5, 0.6) is 0 Å². The molecule has 1 aliphatic carbocycles. The van der Waals surface area contributed by atoms with Crippen LogP contribution < -0.4 is 11.1 Å². The average Bonchev–Trinajstić information content (AvgIpc) is 3.05. The van der Waals surface area contributed by atoms with Crippen LogP contribution in [0.3, 0.4) is 0 Å². The largest absolute Gasteiger partial charge is 0.366 e. The number of ether oxygens (including phenoxy) is 1. The third kappa shape index (κ3) is 4.10. The van der Waals surface area contributed by atoms with E-state index in [1.54, 1.807) is 0 Å². The predicted molar refractivity (Wildman–Crippen MR) is 89.9 cm³/mol. The smallest absolute Gasteiger partial charge is 0.250 e. The van der Waals surface area contributed by atoms with Gasteiger partial charge in [0.25, 0.3) is 5.91 Å². The van der Waals surface area contributed by atoms with Crippen molar-refractivity contribution in [2.24, 2.45) is 5.73 Å². The molecule has 1 atom stereocenters. The Balaban J connectivity index is 1.56. The van der Waals surface area contributed by atoms with Crippen LogP contribution in [0.4, 0.5) is 0 Å². The van der Waals surface area contributed by atoms with Gasteiger partial charge in [0.15, 0.2) is 0 Å². The van der Waals surface area contributed by atoms with Gasteiger partial charge in [-0.2, -0.15) is 0 Å². The molecule has 5 heteroatoms. The maximum atomic E-state index is 12.6. The van der Waals surface area contributed by atoms with E-state index in [2.05, 4.69) is 22.3 Å². The third-order valence-corrected chi connectivity index (χ3v) is 5.03. The van der Waals surface area contributed by atoms with E-state index in [0.717, 1.165) is 38.8 Å². The van der Waals surface area contributed by atoms with Gasteiger partial charge in [0.05, 0.1) is 12.1 Å². The van der Waals surface area contributed by atoms with E-state index >= 15 is 0 Å². The number of nitrogens with zero attached hydrogens (tertiary/aromatic N) is 1. The Hall–Kier alpha value is -1.43. The highest BCUT2D eigenvalue weighted by molar-refractivity contribution is 5.82. The van der Waals surface area contributed by atoms with Gasteiger partial charge in [-0.3, -0.25) is 9.69 Å². The fourth-order valence-corrected chi connectivity index (χ4v) is 3.62. The molecule has 3 N–H and O–H groups in total. The molecular weight excluding hydrogens is 290 g/mol. The molecule has 1 saturated heterocycles. The Morgan fingerprint density at radius 1 is 1.30 bits per heavy atom. The molecule has 5 nitrogen and oxygen atoms in total. The number of nitrogens with two attached hydrogens (primary N) is 1. The molecular formula is C18H27N3O2. The quantitative estimate of drug-likeness (QED) is 0.858. The first-order valence-corrected chi connectivity index (χ1v) is 8.61. The van der Waals surface area contributed by atoms with Crippen molar-refractivity contribution in [3.63, 3.8) is 0 Å². The van der Waals surface area contributed by atoms with Gasteiger partial charge in [0, 0.05) is 26.2 Å². The standard InChI is InChI=1S/C18H27N3O2/c19-14-18(8-4-5-9-18)20-17(22)16-13-21(10-11-23-16)12-15-6-2-1-3-7-15/h1-3,6-7,16H,4-5,8-14,19H2,(H,20,22). The van der Waals surface area contributed by atoms with Crippen LogP contribution >= 0.6 is 0 Å². The number of hydrogen-bond donors (Lipinski definition) is 2. The average molecular weight is 317 g/mol. The summed E-state index contributed by atoms with van der Waals surface area (Å²) in [5, 5.41) is 3.18. The van der Waals surface area contributed by atoms with Crippen molar-refractivity contribution in [1.82, 2.24) is 10.2 Å². The highest BCUT2D eigenvalue weighted by atomic mass is 16.5. The minimum Gasteiger partial charge on any atom is -0.366 e. The zero-order valence-electron chi connectivity index (χ0n) is 13.7. The number of nitrogens with one attached hydrogen (secondary N) is 1. The van der Waals surface area contributed by atoms with E-state index in [4.69, 9.17) is 10.5 Å². The van der Waals surface area contributed by atoms with E-state index in [9.17, 15) is 4.79 Å². The lowest BCUT2D eigenvalue weighted by Gasteiger charge is -2.35. The molecule has 3 rings (SSSR count). The van der Waals surface area contributed by atoms with Gasteiger partial charge < -0.3 is 15.8 Å². The second-order valence-electron chi connectivity index (χ2n) is 6.76. The molecule has 1 aliphatic heterocycles. The van der Waals surface area contributed by atoms with Crippen molar-refractivity contribution < 1.29 is 9.53 Å². The lowest BCUT2D eigenvalue weighted by molar-refractivity contribution is -0.140. The van der Waals surface area contributed by atoms with Crippen LogP contribution in [0.1, 0.15) is 31.2 Å².